The van der Waals surface area contributed by atoms with E-state index in [1.165, 1.54) is 25.9 Å². The van der Waals surface area contributed by atoms with E-state index in [1.807, 2.05) is 18.2 Å². The van der Waals surface area contributed by atoms with Gasteiger partial charge in [0.15, 0.2) is 9.84 Å². The first-order valence-electron chi connectivity index (χ1n) is 16.5. The number of sulfone groups is 1. The summed E-state index contributed by atoms with van der Waals surface area (Å²) in [4.78, 5) is 19.8. The maximum absolute atomic E-state index is 14.9. The number of piperidine rings is 1. The van der Waals surface area contributed by atoms with E-state index < -0.39 is 15.4 Å². The van der Waals surface area contributed by atoms with E-state index in [0.717, 1.165) is 76.1 Å². The number of methoxy groups -OCH3 is 1. The molecule has 45 heavy (non-hydrogen) atoms. The molecule has 0 spiro atoms. The highest BCUT2D eigenvalue weighted by molar-refractivity contribution is 7.90. The number of ether oxygens (including phenoxy) is 1. The Bertz CT molecular complexity index is 1450. The lowest BCUT2D eigenvalue weighted by Gasteiger charge is -2.55. The fourth-order valence-electron chi connectivity index (χ4n) is 8.91. The number of hydrogen-bond donors (Lipinski definition) is 1. The van der Waals surface area contributed by atoms with Crippen molar-refractivity contribution in [3.63, 3.8) is 0 Å². The van der Waals surface area contributed by atoms with Gasteiger partial charge in [0, 0.05) is 50.0 Å². The van der Waals surface area contributed by atoms with Crippen LogP contribution in [-0.2, 0) is 24.8 Å². The van der Waals surface area contributed by atoms with Gasteiger partial charge in [0.05, 0.1) is 12.0 Å². The second kappa shape index (κ2) is 12.9. The Morgan fingerprint density at radius 3 is 2.31 bits per heavy atom. The highest BCUT2D eigenvalue weighted by Crippen LogP contribution is 2.54. The predicted molar refractivity (Wildman–Crippen MR) is 172 cm³/mol. The number of β-amino-alcohol motifs (C(OH)–C–C–N with tert-alkyl or cyclic N) is 1. The molecule has 246 valence electrons. The lowest BCUT2D eigenvalue weighted by Crippen LogP contribution is -2.67. The van der Waals surface area contributed by atoms with Crippen LogP contribution in [0.25, 0.3) is 0 Å². The number of rotatable bonds is 11. The molecular weight excluding hydrogens is 593 g/mol. The van der Waals surface area contributed by atoms with Crippen LogP contribution in [0.2, 0.25) is 0 Å². The number of esters is 1. The molecule has 1 aliphatic carbocycles. The molecule has 0 aromatic heterocycles. The maximum atomic E-state index is 14.9. The van der Waals surface area contributed by atoms with Gasteiger partial charge in [-0.2, -0.15) is 0 Å². The molecule has 2 aromatic rings. The molecule has 8 nitrogen and oxygen atoms in total. The molecule has 4 fully saturated rings. The lowest BCUT2D eigenvalue weighted by atomic mass is 9.56. The Morgan fingerprint density at radius 1 is 1.00 bits per heavy atom. The topological polar surface area (TPSA) is 90.4 Å². The van der Waals surface area contributed by atoms with Crippen molar-refractivity contribution in [2.24, 2.45) is 17.8 Å². The fourth-order valence-corrected chi connectivity index (χ4v) is 9.54. The number of hydrogen-bond acceptors (Lipinski definition) is 8. The SMILES string of the molecule is COC(=O)C[C@H]1CCC[C@@H]1[C@](CN1CCC1)(c1cccc(F)c1)C1CCN(CC2(O)CN(c3ccc(S(C)(=O)=O)cc3)C2)CC1. The maximum Gasteiger partial charge on any atom is 0.305 e. The number of carbonyl (C=O) groups excluding carboxylic acids is 1. The Morgan fingerprint density at radius 2 is 1.71 bits per heavy atom. The average molecular weight is 642 g/mol. The van der Waals surface area contributed by atoms with E-state index in [0.29, 0.717) is 36.9 Å². The van der Waals surface area contributed by atoms with Crippen LogP contribution in [-0.4, -0.2) is 101 Å². The van der Waals surface area contributed by atoms with Gasteiger partial charge < -0.3 is 24.5 Å². The molecule has 2 aromatic carbocycles. The summed E-state index contributed by atoms with van der Waals surface area (Å²) in [6, 6.07) is 14.1. The van der Waals surface area contributed by atoms with Crippen molar-refractivity contribution in [2.45, 2.75) is 60.9 Å². The highest BCUT2D eigenvalue weighted by atomic mass is 32.2. The van der Waals surface area contributed by atoms with Gasteiger partial charge in [-0.1, -0.05) is 18.6 Å². The zero-order valence-corrected chi connectivity index (χ0v) is 27.5. The van der Waals surface area contributed by atoms with Gasteiger partial charge in [-0.15, -0.1) is 0 Å². The molecule has 3 atom stereocenters. The van der Waals surface area contributed by atoms with E-state index in [-0.39, 0.29) is 29.0 Å². The largest absolute Gasteiger partial charge is 0.469 e. The first kappa shape index (κ1) is 32.4. The van der Waals surface area contributed by atoms with Crippen LogP contribution < -0.4 is 4.90 Å². The molecule has 0 amide bonds. The van der Waals surface area contributed by atoms with Gasteiger partial charge in [-0.25, -0.2) is 12.8 Å². The van der Waals surface area contributed by atoms with Crippen molar-refractivity contribution in [3.05, 3.63) is 59.9 Å². The second-order valence-electron chi connectivity index (χ2n) is 14.2. The van der Waals surface area contributed by atoms with Gasteiger partial charge in [0.1, 0.15) is 11.4 Å². The van der Waals surface area contributed by atoms with Crippen molar-refractivity contribution in [2.75, 3.05) is 70.6 Å². The Kier molecular flexibility index (Phi) is 9.32. The molecule has 3 heterocycles. The molecule has 10 heteroatoms. The number of carbonyl (C=O) groups is 1. The van der Waals surface area contributed by atoms with Gasteiger partial charge in [0.25, 0.3) is 0 Å². The van der Waals surface area contributed by atoms with Crippen LogP contribution in [0.4, 0.5) is 10.1 Å². The summed E-state index contributed by atoms with van der Waals surface area (Å²) >= 11 is 0. The Balaban J connectivity index is 1.18. The van der Waals surface area contributed by atoms with Crippen LogP contribution in [0.1, 0.15) is 50.5 Å². The van der Waals surface area contributed by atoms with Gasteiger partial charge in [-0.3, -0.25) is 4.79 Å². The van der Waals surface area contributed by atoms with E-state index in [1.54, 1.807) is 18.2 Å². The Labute approximate surface area is 267 Å². The van der Waals surface area contributed by atoms with Crippen LogP contribution in [0.5, 0.6) is 0 Å². The predicted octanol–water partition coefficient (Wildman–Crippen LogP) is 4.12. The smallest absolute Gasteiger partial charge is 0.305 e. The first-order valence-corrected chi connectivity index (χ1v) is 18.4. The summed E-state index contributed by atoms with van der Waals surface area (Å²) in [6.45, 7) is 6.33. The molecule has 1 N–H and O–H groups in total. The van der Waals surface area contributed by atoms with Crippen molar-refractivity contribution >= 4 is 21.5 Å². The van der Waals surface area contributed by atoms with Gasteiger partial charge in [-0.05, 0) is 118 Å². The molecule has 0 unspecified atom stereocenters. The molecule has 0 radical (unpaired) electrons. The van der Waals surface area contributed by atoms with Gasteiger partial charge >= 0.3 is 5.97 Å². The number of likely N-dealkylation sites (tertiary alicyclic amines) is 2. The van der Waals surface area contributed by atoms with Crippen LogP contribution in [0.15, 0.2) is 53.4 Å². The van der Waals surface area contributed by atoms with Crippen LogP contribution in [0.3, 0.4) is 0 Å². The summed E-state index contributed by atoms with van der Waals surface area (Å²) in [5.41, 5.74) is 0.905. The first-order chi connectivity index (χ1) is 21.5. The minimum absolute atomic E-state index is 0.159. The highest BCUT2D eigenvalue weighted by Gasteiger charge is 2.53. The average Bonchev–Trinajstić information content (AvgIpc) is 3.44. The molecule has 4 aliphatic rings. The van der Waals surface area contributed by atoms with E-state index in [9.17, 15) is 22.7 Å². The zero-order valence-electron chi connectivity index (χ0n) is 26.7. The quantitative estimate of drug-likeness (QED) is 0.367. The molecule has 6 rings (SSSR count). The number of halogens is 1. The minimum atomic E-state index is -3.25. The molecule has 1 saturated carbocycles. The minimum Gasteiger partial charge on any atom is -0.469 e. The van der Waals surface area contributed by atoms with Crippen molar-refractivity contribution in [1.29, 1.82) is 0 Å². The third-order valence-corrected chi connectivity index (χ3v) is 12.3. The van der Waals surface area contributed by atoms with Crippen molar-refractivity contribution < 1.29 is 27.4 Å². The summed E-state index contributed by atoms with van der Waals surface area (Å²) in [5.74, 6) is 0.457. The standard InChI is InChI=1S/C35H48FN3O5S/c1-44-33(40)20-26-6-3-9-32(26)35(25-37-16-5-17-37,28-7-4-8-29(36)21-28)27-14-18-38(19-15-27)22-34(41)23-39(24-34)30-10-12-31(13-11-30)45(2,42)43/h4,7-8,10-13,21,26-27,32,41H,3,5-6,9,14-20,22-25H2,1-2H3/t26-,32+,35+/m1/s1. The normalized spacial score (nSPS) is 25.7. The van der Waals surface area contributed by atoms with E-state index >= 15 is 0 Å². The summed E-state index contributed by atoms with van der Waals surface area (Å²) in [5, 5.41) is 11.4. The second-order valence-corrected chi connectivity index (χ2v) is 16.2. The molecule has 0 bridgehead atoms. The lowest BCUT2D eigenvalue weighted by molar-refractivity contribution is -0.142. The third-order valence-electron chi connectivity index (χ3n) is 11.2. The third kappa shape index (κ3) is 6.80. The van der Waals surface area contributed by atoms with Crippen molar-refractivity contribution in [3.8, 4) is 0 Å². The molecule has 3 aliphatic heterocycles. The number of nitrogens with zero attached hydrogens (tertiary/aromatic N) is 3. The summed E-state index contributed by atoms with van der Waals surface area (Å²) in [6.07, 6.45) is 7.82. The number of benzene rings is 2. The monoisotopic (exact) mass is 641 g/mol. The molecular formula is C35H48FN3O5S. The molecule has 3 saturated heterocycles. The number of aliphatic hydroxyl groups is 1. The zero-order chi connectivity index (χ0) is 31.8. The fraction of sp³-hybridized carbons (Fsp3) is 0.629. The van der Waals surface area contributed by atoms with E-state index in [4.69, 9.17) is 4.74 Å². The van der Waals surface area contributed by atoms with Crippen molar-refractivity contribution in [1.82, 2.24) is 9.80 Å². The summed E-state index contributed by atoms with van der Waals surface area (Å²) in [7, 11) is -1.78. The summed E-state index contributed by atoms with van der Waals surface area (Å²) < 4.78 is 43.7. The van der Waals surface area contributed by atoms with Crippen LogP contribution >= 0.6 is 0 Å². The Hall–Kier alpha value is -2.53. The van der Waals surface area contributed by atoms with E-state index in [2.05, 4.69) is 20.8 Å². The van der Waals surface area contributed by atoms with Crippen LogP contribution in [0, 0.1) is 23.6 Å². The number of anilines is 1. The van der Waals surface area contributed by atoms with Gasteiger partial charge in [0.2, 0.25) is 0 Å².